The molecule has 2 unspecified atom stereocenters. The van der Waals surface area contributed by atoms with Crippen molar-refractivity contribution in [1.82, 2.24) is 4.90 Å². The van der Waals surface area contributed by atoms with Gasteiger partial charge in [0.1, 0.15) is 12.4 Å². The molecule has 0 aromatic heterocycles. The molecule has 4 nitrogen and oxygen atoms in total. The van der Waals surface area contributed by atoms with E-state index in [9.17, 15) is 4.79 Å². The van der Waals surface area contributed by atoms with Crippen LogP contribution in [0.2, 0.25) is 0 Å². The molecular weight excluding hydrogens is 276 g/mol. The summed E-state index contributed by atoms with van der Waals surface area (Å²) in [5.74, 6) is 1.38. The maximum absolute atomic E-state index is 12.3. The average Bonchev–Trinajstić information content (AvgIpc) is 2.49. The third-order valence-electron chi connectivity index (χ3n) is 4.52. The van der Waals surface area contributed by atoms with Crippen LogP contribution in [0.25, 0.3) is 0 Å². The number of carbonyl (C=O) groups is 1. The van der Waals surface area contributed by atoms with Crippen molar-refractivity contribution in [3.8, 4) is 5.75 Å². The van der Waals surface area contributed by atoms with E-state index in [-0.39, 0.29) is 11.9 Å². The summed E-state index contributed by atoms with van der Waals surface area (Å²) in [6.45, 7) is 3.16. The molecule has 2 atom stereocenters. The van der Waals surface area contributed by atoms with Crippen LogP contribution in [0.1, 0.15) is 37.7 Å². The Labute approximate surface area is 133 Å². The number of benzene rings is 1. The number of nitrogens with two attached hydrogens (primary N) is 1. The first-order valence-corrected chi connectivity index (χ1v) is 8.25. The summed E-state index contributed by atoms with van der Waals surface area (Å²) in [7, 11) is 1.84. The molecule has 0 aliphatic heterocycles. The molecule has 0 radical (unpaired) electrons. The highest BCUT2D eigenvalue weighted by Gasteiger charge is 2.25. The molecule has 1 amide bonds. The summed E-state index contributed by atoms with van der Waals surface area (Å²) < 4.78 is 5.70. The number of hydrogen-bond acceptors (Lipinski definition) is 3. The fourth-order valence-electron chi connectivity index (χ4n) is 3.00. The summed E-state index contributed by atoms with van der Waals surface area (Å²) in [5.41, 5.74) is 7.30. The summed E-state index contributed by atoms with van der Waals surface area (Å²) in [5, 5.41) is 0. The van der Waals surface area contributed by atoms with Crippen LogP contribution < -0.4 is 10.5 Å². The molecule has 0 bridgehead atoms. The molecule has 1 aromatic carbocycles. The third-order valence-corrected chi connectivity index (χ3v) is 4.52. The minimum Gasteiger partial charge on any atom is -0.492 e. The number of hydrogen-bond donors (Lipinski definition) is 1. The molecule has 0 spiro atoms. The van der Waals surface area contributed by atoms with Crippen LogP contribution >= 0.6 is 0 Å². The highest BCUT2D eigenvalue weighted by atomic mass is 16.5. The van der Waals surface area contributed by atoms with E-state index in [1.165, 1.54) is 18.4 Å². The molecule has 122 valence electrons. The van der Waals surface area contributed by atoms with Gasteiger partial charge in [-0.3, -0.25) is 4.79 Å². The van der Waals surface area contributed by atoms with Gasteiger partial charge in [0.05, 0.1) is 6.54 Å². The van der Waals surface area contributed by atoms with Crippen molar-refractivity contribution in [2.45, 2.75) is 45.1 Å². The zero-order valence-corrected chi connectivity index (χ0v) is 13.8. The monoisotopic (exact) mass is 304 g/mol. The van der Waals surface area contributed by atoms with E-state index in [1.54, 1.807) is 4.90 Å². The minimum absolute atomic E-state index is 0.176. The molecule has 0 saturated heterocycles. The molecule has 2 N–H and O–H groups in total. The van der Waals surface area contributed by atoms with Gasteiger partial charge in [0, 0.05) is 19.5 Å². The van der Waals surface area contributed by atoms with E-state index in [2.05, 4.69) is 0 Å². The van der Waals surface area contributed by atoms with Crippen LogP contribution in [0.15, 0.2) is 24.3 Å². The van der Waals surface area contributed by atoms with Gasteiger partial charge in [0.15, 0.2) is 0 Å². The standard InChI is InChI=1S/C18H28N2O2/c1-14-6-5-8-16(12-14)22-11-10-20(2)18(21)13-15-7-3-4-9-17(15)19/h5-6,8,12,15,17H,3-4,7,9-11,13,19H2,1-2H3. The number of rotatable bonds is 6. The zero-order valence-electron chi connectivity index (χ0n) is 13.8. The molecular formula is C18H28N2O2. The lowest BCUT2D eigenvalue weighted by atomic mass is 9.83. The Morgan fingerprint density at radius 1 is 1.36 bits per heavy atom. The minimum atomic E-state index is 0.176. The van der Waals surface area contributed by atoms with Gasteiger partial charge >= 0.3 is 0 Å². The predicted molar refractivity (Wildman–Crippen MR) is 88.9 cm³/mol. The molecule has 1 fully saturated rings. The number of aryl methyl sites for hydroxylation is 1. The second-order valence-corrected chi connectivity index (χ2v) is 6.39. The van der Waals surface area contributed by atoms with Crippen molar-refractivity contribution < 1.29 is 9.53 Å². The quantitative estimate of drug-likeness (QED) is 0.879. The van der Waals surface area contributed by atoms with E-state index in [0.717, 1.165) is 18.6 Å². The zero-order chi connectivity index (χ0) is 15.9. The van der Waals surface area contributed by atoms with E-state index in [1.807, 2.05) is 38.2 Å². The van der Waals surface area contributed by atoms with Crippen LogP contribution in [0.4, 0.5) is 0 Å². The van der Waals surface area contributed by atoms with Gasteiger partial charge in [0.2, 0.25) is 5.91 Å². The molecule has 1 aliphatic carbocycles. The lowest BCUT2D eigenvalue weighted by Gasteiger charge is -2.29. The van der Waals surface area contributed by atoms with Crippen molar-refractivity contribution in [3.63, 3.8) is 0 Å². The summed E-state index contributed by atoms with van der Waals surface area (Å²) in [4.78, 5) is 14.0. The Kier molecular flexibility index (Phi) is 6.25. The van der Waals surface area contributed by atoms with Gasteiger partial charge in [0.25, 0.3) is 0 Å². The fraction of sp³-hybridized carbons (Fsp3) is 0.611. The van der Waals surface area contributed by atoms with E-state index < -0.39 is 0 Å². The van der Waals surface area contributed by atoms with Crippen LogP contribution in [0.3, 0.4) is 0 Å². The first kappa shape index (κ1) is 16.8. The van der Waals surface area contributed by atoms with Crippen LogP contribution in [-0.2, 0) is 4.79 Å². The first-order chi connectivity index (χ1) is 10.6. The number of likely N-dealkylation sites (N-methyl/N-ethyl adjacent to an activating group) is 1. The molecule has 0 heterocycles. The molecule has 1 aliphatic rings. The molecule has 4 heteroatoms. The SMILES string of the molecule is Cc1cccc(OCCN(C)C(=O)CC2CCCCC2N)c1. The normalized spacial score (nSPS) is 21.4. The van der Waals surface area contributed by atoms with Crippen LogP contribution in [0, 0.1) is 12.8 Å². The number of ether oxygens (including phenoxy) is 1. The Morgan fingerprint density at radius 3 is 2.86 bits per heavy atom. The Balaban J connectivity index is 1.72. The fourth-order valence-corrected chi connectivity index (χ4v) is 3.00. The van der Waals surface area contributed by atoms with Gasteiger partial charge in [-0.1, -0.05) is 25.0 Å². The molecule has 2 rings (SSSR count). The highest BCUT2D eigenvalue weighted by Crippen LogP contribution is 2.26. The van der Waals surface area contributed by atoms with Crippen LogP contribution in [0.5, 0.6) is 5.75 Å². The van der Waals surface area contributed by atoms with Gasteiger partial charge in [-0.2, -0.15) is 0 Å². The second kappa shape index (κ2) is 8.18. The van der Waals surface area contributed by atoms with E-state index in [4.69, 9.17) is 10.5 Å². The summed E-state index contributed by atoms with van der Waals surface area (Å²) >= 11 is 0. The second-order valence-electron chi connectivity index (χ2n) is 6.39. The van der Waals surface area contributed by atoms with Gasteiger partial charge in [-0.15, -0.1) is 0 Å². The summed E-state index contributed by atoms with van der Waals surface area (Å²) in [6, 6.07) is 8.15. The van der Waals surface area contributed by atoms with E-state index >= 15 is 0 Å². The third kappa shape index (κ3) is 5.02. The van der Waals surface area contributed by atoms with Crippen LogP contribution in [-0.4, -0.2) is 37.0 Å². The van der Waals surface area contributed by atoms with Gasteiger partial charge in [-0.05, 0) is 43.4 Å². The average molecular weight is 304 g/mol. The van der Waals surface area contributed by atoms with Crippen molar-refractivity contribution in [3.05, 3.63) is 29.8 Å². The van der Waals surface area contributed by atoms with Gasteiger partial charge in [-0.25, -0.2) is 0 Å². The van der Waals surface area contributed by atoms with Gasteiger partial charge < -0.3 is 15.4 Å². The van der Waals surface area contributed by atoms with Crippen molar-refractivity contribution in [1.29, 1.82) is 0 Å². The lowest BCUT2D eigenvalue weighted by Crippen LogP contribution is -2.38. The highest BCUT2D eigenvalue weighted by molar-refractivity contribution is 5.76. The lowest BCUT2D eigenvalue weighted by molar-refractivity contribution is -0.131. The Bertz CT molecular complexity index is 490. The maximum Gasteiger partial charge on any atom is 0.222 e. The predicted octanol–water partition coefficient (Wildman–Crippen LogP) is 2.74. The maximum atomic E-state index is 12.3. The smallest absolute Gasteiger partial charge is 0.222 e. The first-order valence-electron chi connectivity index (χ1n) is 8.25. The summed E-state index contributed by atoms with van der Waals surface area (Å²) in [6.07, 6.45) is 5.11. The molecule has 1 aromatic rings. The van der Waals surface area contributed by atoms with Crippen molar-refractivity contribution in [2.24, 2.45) is 11.7 Å². The topological polar surface area (TPSA) is 55.6 Å². The Morgan fingerprint density at radius 2 is 2.14 bits per heavy atom. The molecule has 22 heavy (non-hydrogen) atoms. The van der Waals surface area contributed by atoms with E-state index in [0.29, 0.717) is 25.5 Å². The number of amides is 1. The van der Waals surface area contributed by atoms with Crippen molar-refractivity contribution >= 4 is 5.91 Å². The van der Waals surface area contributed by atoms with Crippen molar-refractivity contribution in [2.75, 3.05) is 20.2 Å². The Hall–Kier alpha value is -1.55. The largest absolute Gasteiger partial charge is 0.492 e. The number of nitrogens with zero attached hydrogens (tertiary/aromatic N) is 1. The number of carbonyl (C=O) groups excluding carboxylic acids is 1. The molecule has 1 saturated carbocycles.